The van der Waals surface area contributed by atoms with Crippen LogP contribution in [0.15, 0.2) is 59.6 Å². The molecule has 0 spiro atoms. The van der Waals surface area contributed by atoms with E-state index in [2.05, 4.69) is 37.8 Å². The van der Waals surface area contributed by atoms with E-state index < -0.39 is 0 Å². The van der Waals surface area contributed by atoms with Crippen LogP contribution in [0.5, 0.6) is 11.5 Å². The molecule has 162 valence electrons. The van der Waals surface area contributed by atoms with Crippen molar-refractivity contribution in [3.8, 4) is 11.5 Å². The molecule has 31 heavy (non-hydrogen) atoms. The summed E-state index contributed by atoms with van der Waals surface area (Å²) in [5.41, 5.74) is 1.15. The molecule has 0 aliphatic carbocycles. The second kappa shape index (κ2) is 10.1. The first-order valence-electron chi connectivity index (χ1n) is 10.4. The van der Waals surface area contributed by atoms with E-state index >= 15 is 0 Å². The van der Waals surface area contributed by atoms with E-state index in [9.17, 15) is 0 Å². The molecule has 0 saturated heterocycles. The number of methoxy groups -OCH3 is 1. The molecule has 1 aliphatic rings. The molecule has 8 nitrogen and oxygen atoms in total. The maximum absolute atomic E-state index is 5.85. The predicted molar refractivity (Wildman–Crippen MR) is 119 cm³/mol. The van der Waals surface area contributed by atoms with Crippen LogP contribution >= 0.6 is 0 Å². The fraction of sp³-hybridized carbons (Fsp3) is 0.348. The van der Waals surface area contributed by atoms with Gasteiger partial charge in [0, 0.05) is 33.2 Å². The van der Waals surface area contributed by atoms with Crippen molar-refractivity contribution in [2.75, 3.05) is 14.2 Å². The molecule has 1 aromatic heterocycles. The molecule has 1 aliphatic heterocycles. The number of benzene rings is 2. The summed E-state index contributed by atoms with van der Waals surface area (Å²) in [4.78, 5) is 8.89. The maximum Gasteiger partial charge on any atom is 0.191 e. The van der Waals surface area contributed by atoms with Gasteiger partial charge >= 0.3 is 0 Å². The van der Waals surface area contributed by atoms with E-state index in [4.69, 9.17) is 9.47 Å². The van der Waals surface area contributed by atoms with Crippen LogP contribution in [0.1, 0.15) is 23.6 Å². The highest BCUT2D eigenvalue weighted by Crippen LogP contribution is 2.21. The lowest BCUT2D eigenvalue weighted by atomic mass is 10.1. The number of aromatic nitrogens is 3. The van der Waals surface area contributed by atoms with E-state index in [-0.39, 0.29) is 6.04 Å². The first-order chi connectivity index (χ1) is 15.2. The lowest BCUT2D eigenvalue weighted by Gasteiger charge is -2.25. The third-order valence-corrected chi connectivity index (χ3v) is 5.10. The minimum atomic E-state index is 0.248. The van der Waals surface area contributed by atoms with Crippen molar-refractivity contribution in [2.24, 2.45) is 4.99 Å². The molecule has 0 amide bonds. The summed E-state index contributed by atoms with van der Waals surface area (Å²) in [5.74, 6) is 4.17. The lowest BCUT2D eigenvalue weighted by molar-refractivity contribution is 0.177. The van der Waals surface area contributed by atoms with Gasteiger partial charge in [-0.1, -0.05) is 30.3 Å². The minimum absolute atomic E-state index is 0.248. The Balaban J connectivity index is 1.27. The van der Waals surface area contributed by atoms with Crippen molar-refractivity contribution >= 4 is 5.96 Å². The highest BCUT2D eigenvalue weighted by atomic mass is 16.5. The fourth-order valence-corrected chi connectivity index (χ4v) is 3.54. The van der Waals surface area contributed by atoms with Gasteiger partial charge < -0.3 is 20.1 Å². The van der Waals surface area contributed by atoms with Crippen LogP contribution in [0.4, 0.5) is 0 Å². The first-order valence-corrected chi connectivity index (χ1v) is 10.4. The number of hydrogen-bond donors (Lipinski definition) is 2. The van der Waals surface area contributed by atoms with Gasteiger partial charge in [0.25, 0.3) is 0 Å². The molecule has 1 atom stereocenters. The molecule has 0 fully saturated rings. The second-order valence-corrected chi connectivity index (χ2v) is 7.42. The smallest absolute Gasteiger partial charge is 0.191 e. The molecule has 3 aromatic rings. The standard InChI is InChI=1S/C23H28N6O2/c1-24-23(26-18-10-13-22-27-21(16-30-2)28-29(22)15-18)25-14-17-8-11-20(12-9-17)31-19-6-4-3-5-7-19/h3-9,11-12,18H,10,13-16H2,1-2H3,(H2,24,25,26). The van der Waals surface area contributed by atoms with Gasteiger partial charge in [-0.05, 0) is 36.2 Å². The van der Waals surface area contributed by atoms with Crippen molar-refractivity contribution in [3.05, 3.63) is 71.8 Å². The van der Waals surface area contributed by atoms with Crippen LogP contribution < -0.4 is 15.4 Å². The highest BCUT2D eigenvalue weighted by Gasteiger charge is 2.22. The summed E-state index contributed by atoms with van der Waals surface area (Å²) in [6, 6.07) is 18.1. The number of rotatable bonds is 7. The van der Waals surface area contributed by atoms with E-state index in [0.29, 0.717) is 13.2 Å². The van der Waals surface area contributed by atoms with Gasteiger partial charge in [-0.15, -0.1) is 0 Å². The number of nitrogens with zero attached hydrogens (tertiary/aromatic N) is 4. The molecule has 0 bridgehead atoms. The van der Waals surface area contributed by atoms with Crippen LogP contribution in [0.3, 0.4) is 0 Å². The number of hydrogen-bond acceptors (Lipinski definition) is 5. The van der Waals surface area contributed by atoms with Crippen LogP contribution in [0.25, 0.3) is 0 Å². The number of guanidine groups is 1. The number of para-hydroxylation sites is 1. The quantitative estimate of drug-likeness (QED) is 0.452. The van der Waals surface area contributed by atoms with Crippen molar-refractivity contribution in [1.82, 2.24) is 25.4 Å². The molecule has 4 rings (SSSR count). The lowest BCUT2D eigenvalue weighted by Crippen LogP contribution is -2.46. The SMILES string of the molecule is CN=C(NCc1ccc(Oc2ccccc2)cc1)NC1CCc2nc(COC)nn2C1. The molecule has 8 heteroatoms. The summed E-state index contributed by atoms with van der Waals surface area (Å²) < 4.78 is 12.9. The van der Waals surface area contributed by atoms with E-state index in [1.54, 1.807) is 14.2 Å². The van der Waals surface area contributed by atoms with Crippen molar-refractivity contribution in [2.45, 2.75) is 38.6 Å². The summed E-state index contributed by atoms with van der Waals surface area (Å²) in [6.45, 7) is 1.87. The Labute approximate surface area is 182 Å². The molecule has 0 saturated carbocycles. The number of ether oxygens (including phenoxy) is 2. The molecular weight excluding hydrogens is 392 g/mol. The average molecular weight is 421 g/mol. The zero-order valence-electron chi connectivity index (χ0n) is 17.9. The Bertz CT molecular complexity index is 1000. The molecule has 0 radical (unpaired) electrons. The largest absolute Gasteiger partial charge is 0.457 e. The highest BCUT2D eigenvalue weighted by molar-refractivity contribution is 5.79. The topological polar surface area (TPSA) is 85.6 Å². The Morgan fingerprint density at radius 3 is 2.65 bits per heavy atom. The zero-order chi connectivity index (χ0) is 21.5. The number of nitrogens with one attached hydrogen (secondary N) is 2. The van der Waals surface area contributed by atoms with E-state index in [0.717, 1.165) is 54.1 Å². The average Bonchev–Trinajstić information content (AvgIpc) is 3.20. The van der Waals surface area contributed by atoms with Crippen LogP contribution in [-0.4, -0.2) is 40.9 Å². The molecular formula is C23H28N6O2. The Morgan fingerprint density at radius 1 is 1.13 bits per heavy atom. The summed E-state index contributed by atoms with van der Waals surface area (Å²) in [6.07, 6.45) is 1.87. The van der Waals surface area contributed by atoms with Crippen LogP contribution in [0.2, 0.25) is 0 Å². The monoisotopic (exact) mass is 420 g/mol. The summed E-state index contributed by atoms with van der Waals surface area (Å²) in [7, 11) is 3.44. The molecule has 2 heterocycles. The fourth-order valence-electron chi connectivity index (χ4n) is 3.54. The van der Waals surface area contributed by atoms with Gasteiger partial charge in [-0.2, -0.15) is 5.10 Å². The normalized spacial score (nSPS) is 15.9. The van der Waals surface area contributed by atoms with Crippen molar-refractivity contribution in [3.63, 3.8) is 0 Å². The third-order valence-electron chi connectivity index (χ3n) is 5.10. The van der Waals surface area contributed by atoms with E-state index in [1.165, 1.54) is 0 Å². The van der Waals surface area contributed by atoms with Crippen molar-refractivity contribution < 1.29 is 9.47 Å². The second-order valence-electron chi connectivity index (χ2n) is 7.42. The molecule has 2 N–H and O–H groups in total. The van der Waals surface area contributed by atoms with Crippen molar-refractivity contribution in [1.29, 1.82) is 0 Å². The maximum atomic E-state index is 5.85. The number of aryl methyl sites for hydroxylation is 1. The van der Waals surface area contributed by atoms with Gasteiger partial charge in [0.1, 0.15) is 23.9 Å². The van der Waals surface area contributed by atoms with Gasteiger partial charge in [0.2, 0.25) is 0 Å². The van der Waals surface area contributed by atoms with Gasteiger partial charge in [-0.25, -0.2) is 9.67 Å². The van der Waals surface area contributed by atoms with Gasteiger partial charge in [0.05, 0.1) is 6.54 Å². The zero-order valence-corrected chi connectivity index (χ0v) is 17.9. The van der Waals surface area contributed by atoms with Crippen LogP contribution in [-0.2, 0) is 30.9 Å². The van der Waals surface area contributed by atoms with E-state index in [1.807, 2.05) is 47.1 Å². The first kappa shape index (κ1) is 20.9. The van der Waals surface area contributed by atoms with Gasteiger partial charge in [-0.3, -0.25) is 4.99 Å². The molecule has 1 unspecified atom stereocenters. The summed E-state index contributed by atoms with van der Waals surface area (Å²) >= 11 is 0. The molecule has 2 aromatic carbocycles. The third kappa shape index (κ3) is 5.61. The Morgan fingerprint density at radius 2 is 1.90 bits per heavy atom. The predicted octanol–water partition coefficient (Wildman–Crippen LogP) is 2.90. The minimum Gasteiger partial charge on any atom is -0.457 e. The van der Waals surface area contributed by atoms with Crippen LogP contribution in [0, 0.1) is 0 Å². The Hall–Kier alpha value is -3.39. The van der Waals surface area contributed by atoms with Gasteiger partial charge in [0.15, 0.2) is 11.8 Å². The summed E-state index contributed by atoms with van der Waals surface area (Å²) in [5, 5.41) is 11.4. The Kier molecular flexibility index (Phi) is 6.78. The number of fused-ring (bicyclic) bond motifs is 1. The number of aliphatic imine (C=N–C) groups is 1.